The van der Waals surface area contributed by atoms with Crippen molar-refractivity contribution in [2.45, 2.75) is 0 Å². The molecule has 4 heteroatoms. The van der Waals surface area contributed by atoms with E-state index in [9.17, 15) is 0 Å². The summed E-state index contributed by atoms with van der Waals surface area (Å²) in [5.41, 5.74) is 6.73. The van der Waals surface area contributed by atoms with Gasteiger partial charge in [0.2, 0.25) is 0 Å². The first-order valence-electron chi connectivity index (χ1n) is 4.71. The number of hydrogen-bond donors (Lipinski definition) is 2. The summed E-state index contributed by atoms with van der Waals surface area (Å²) < 4.78 is 8.93. The van der Waals surface area contributed by atoms with Gasteiger partial charge >= 0.3 is 8.18 Å². The van der Waals surface area contributed by atoms with E-state index in [-0.39, 0.29) is 0 Å². The van der Waals surface area contributed by atoms with Crippen molar-refractivity contribution in [2.24, 2.45) is 5.50 Å². The molecule has 0 radical (unpaired) electrons. The van der Waals surface area contributed by atoms with Crippen LogP contribution < -0.4 is 5.50 Å². The van der Waals surface area contributed by atoms with Crippen LogP contribution in [0.15, 0.2) is 60.7 Å². The molecule has 0 saturated heterocycles. The minimum atomic E-state index is -2.37. The highest BCUT2D eigenvalue weighted by Crippen LogP contribution is 2.17. The maximum absolute atomic E-state index is 8.93. The van der Waals surface area contributed by atoms with Crippen LogP contribution in [0.4, 0.5) is 0 Å². The average molecular weight is 234 g/mol. The van der Waals surface area contributed by atoms with Crippen LogP contribution in [0.3, 0.4) is 0 Å². The highest BCUT2D eigenvalue weighted by atomic mass is 31.1. The van der Waals surface area contributed by atoms with Crippen LogP contribution in [0.2, 0.25) is 0 Å². The zero-order valence-corrected chi connectivity index (χ0v) is 9.55. The van der Waals surface area contributed by atoms with E-state index >= 15 is 0 Å². The van der Waals surface area contributed by atoms with Gasteiger partial charge in [-0.2, -0.15) is 0 Å². The van der Waals surface area contributed by atoms with Crippen LogP contribution >= 0.6 is 8.18 Å². The second-order valence-corrected chi connectivity index (χ2v) is 3.64. The maximum Gasteiger partial charge on any atom is 0.607 e. The molecule has 1 unspecified atom stereocenters. The number of nitrogens with two attached hydrogens (primary N) is 1. The fourth-order valence-corrected chi connectivity index (χ4v) is 1.26. The van der Waals surface area contributed by atoms with Crippen molar-refractivity contribution in [2.75, 3.05) is 0 Å². The molecule has 0 aliphatic heterocycles. The summed E-state index contributed by atoms with van der Waals surface area (Å²) in [7, 11) is -2.37. The molecule has 0 aliphatic rings. The molecule has 3 nitrogen and oxygen atoms in total. The summed E-state index contributed by atoms with van der Waals surface area (Å²) in [4.78, 5) is 7.34. The molecule has 0 saturated carbocycles. The van der Waals surface area contributed by atoms with Crippen molar-refractivity contribution >= 4 is 8.18 Å². The molecular formula is C12H13NO2P+. The molecule has 16 heavy (non-hydrogen) atoms. The molecule has 3 N–H and O–H groups in total. The van der Waals surface area contributed by atoms with Gasteiger partial charge in [-0.1, -0.05) is 66.2 Å². The van der Waals surface area contributed by atoms with Crippen molar-refractivity contribution in [3.63, 3.8) is 0 Å². The molecule has 0 spiro atoms. The number of rotatable bonds is 1. The van der Waals surface area contributed by atoms with Gasteiger partial charge in [-0.15, -0.1) is 4.89 Å². The Morgan fingerprint density at radius 2 is 1.06 bits per heavy atom. The topological polar surface area (TPSA) is 63.3 Å². The highest BCUT2D eigenvalue weighted by molar-refractivity contribution is 7.35. The number of hydrogen-bond acceptors (Lipinski definition) is 1. The fraction of sp³-hybridized carbons (Fsp3) is 0. The van der Waals surface area contributed by atoms with E-state index in [0.29, 0.717) is 0 Å². The Bertz CT molecular complexity index is 390. The molecule has 0 bridgehead atoms. The Balaban J connectivity index is 0.000000280. The van der Waals surface area contributed by atoms with Crippen molar-refractivity contribution < 1.29 is 9.46 Å². The highest BCUT2D eigenvalue weighted by Gasteiger charge is 1.91. The van der Waals surface area contributed by atoms with Gasteiger partial charge in [-0.3, -0.25) is 0 Å². The van der Waals surface area contributed by atoms with Gasteiger partial charge in [0.15, 0.2) is 0 Å². The standard InChI is InChI=1S/C12H10.H2NO2P/c1-3-7-11(8-4-1)12-9-5-2-6-10-12;1-4(2)3/h1-10H;(H2-,1,2,3)/p+1. The number of benzene rings is 2. The molecule has 1 atom stereocenters. The molecule has 0 heterocycles. The monoisotopic (exact) mass is 234 g/mol. The Kier molecular flexibility index (Phi) is 5.37. The Morgan fingerprint density at radius 1 is 0.812 bits per heavy atom. The molecule has 2 aromatic carbocycles. The molecular weight excluding hydrogens is 221 g/mol. The van der Waals surface area contributed by atoms with E-state index in [1.54, 1.807) is 0 Å². The lowest BCUT2D eigenvalue weighted by Crippen LogP contribution is -1.73. The zero-order valence-electron chi connectivity index (χ0n) is 8.65. The normalized spacial score (nSPS) is 10.0. The Hall–Kier alpha value is -1.54. The molecule has 2 aromatic rings. The van der Waals surface area contributed by atoms with Crippen LogP contribution in [0.5, 0.6) is 0 Å². The first kappa shape index (κ1) is 12.5. The second-order valence-electron chi connectivity index (χ2n) is 3.03. The molecule has 0 fully saturated rings. The van der Waals surface area contributed by atoms with Gasteiger partial charge in [-0.05, 0) is 15.7 Å². The largest absolute Gasteiger partial charge is 0.607 e. The van der Waals surface area contributed by atoms with Crippen molar-refractivity contribution in [3.8, 4) is 11.1 Å². The quantitative estimate of drug-likeness (QED) is 0.745. The summed E-state index contributed by atoms with van der Waals surface area (Å²) in [5, 5.41) is 0. The second kappa shape index (κ2) is 6.85. The maximum atomic E-state index is 8.93. The van der Waals surface area contributed by atoms with E-state index in [0.717, 1.165) is 0 Å². The fourth-order valence-electron chi connectivity index (χ4n) is 1.26. The van der Waals surface area contributed by atoms with Gasteiger partial charge in [0.1, 0.15) is 0 Å². The van der Waals surface area contributed by atoms with Gasteiger partial charge in [0.05, 0.1) is 0 Å². The van der Waals surface area contributed by atoms with Crippen LogP contribution in [0, 0.1) is 0 Å². The summed E-state index contributed by atoms with van der Waals surface area (Å²) in [5.74, 6) is 0. The zero-order chi connectivity index (χ0) is 11.8. The Morgan fingerprint density at radius 3 is 1.31 bits per heavy atom. The lowest BCUT2D eigenvalue weighted by atomic mass is 10.1. The van der Waals surface area contributed by atoms with Crippen LogP contribution in [0.25, 0.3) is 11.1 Å². The third-order valence-corrected chi connectivity index (χ3v) is 1.88. The van der Waals surface area contributed by atoms with Crippen LogP contribution in [-0.4, -0.2) is 4.89 Å². The van der Waals surface area contributed by atoms with Crippen LogP contribution in [0.1, 0.15) is 0 Å². The van der Waals surface area contributed by atoms with Crippen molar-refractivity contribution in [1.29, 1.82) is 0 Å². The summed E-state index contributed by atoms with van der Waals surface area (Å²) in [6, 6.07) is 20.8. The third-order valence-electron chi connectivity index (χ3n) is 1.88. The third kappa shape index (κ3) is 4.80. The summed E-state index contributed by atoms with van der Waals surface area (Å²) >= 11 is 0. The van der Waals surface area contributed by atoms with Crippen molar-refractivity contribution in [3.05, 3.63) is 60.7 Å². The molecule has 0 aromatic heterocycles. The first-order chi connectivity index (χ1) is 7.70. The predicted molar refractivity (Wildman–Crippen MR) is 65.9 cm³/mol. The van der Waals surface area contributed by atoms with Crippen LogP contribution in [-0.2, 0) is 4.57 Å². The average Bonchev–Trinajstić information content (AvgIpc) is 2.31. The minimum absolute atomic E-state index is 1.28. The minimum Gasteiger partial charge on any atom is -0.144 e. The van der Waals surface area contributed by atoms with Gasteiger partial charge in [0.25, 0.3) is 0 Å². The summed E-state index contributed by atoms with van der Waals surface area (Å²) in [6.45, 7) is 0. The Labute approximate surface area is 95.5 Å². The SMILES string of the molecule is N[P+](=O)O.c1ccc(-c2ccccc2)cc1. The van der Waals surface area contributed by atoms with Gasteiger partial charge in [-0.25, -0.2) is 0 Å². The van der Waals surface area contributed by atoms with E-state index in [1.165, 1.54) is 11.1 Å². The van der Waals surface area contributed by atoms with Gasteiger partial charge in [0, 0.05) is 0 Å². The first-order valence-corrected chi connectivity index (χ1v) is 5.99. The molecule has 2 rings (SSSR count). The molecule has 0 aliphatic carbocycles. The lowest BCUT2D eigenvalue weighted by molar-refractivity contribution is 0.504. The van der Waals surface area contributed by atoms with E-state index in [1.807, 2.05) is 12.1 Å². The van der Waals surface area contributed by atoms with Gasteiger partial charge < -0.3 is 0 Å². The summed E-state index contributed by atoms with van der Waals surface area (Å²) in [6.07, 6.45) is 0. The van der Waals surface area contributed by atoms with Crippen molar-refractivity contribution in [1.82, 2.24) is 0 Å². The van der Waals surface area contributed by atoms with E-state index < -0.39 is 8.18 Å². The van der Waals surface area contributed by atoms with E-state index in [2.05, 4.69) is 54.0 Å². The lowest BCUT2D eigenvalue weighted by Gasteiger charge is -1.98. The predicted octanol–water partition coefficient (Wildman–Crippen LogP) is 2.95. The smallest absolute Gasteiger partial charge is 0.144 e. The molecule has 0 amide bonds. The molecule has 82 valence electrons. The van der Waals surface area contributed by atoms with E-state index in [4.69, 9.17) is 9.46 Å².